The highest BCUT2D eigenvalue weighted by Gasteiger charge is 2.39. The van der Waals surface area contributed by atoms with E-state index in [9.17, 15) is 4.79 Å². The Morgan fingerprint density at radius 1 is 1.08 bits per heavy atom. The van der Waals surface area contributed by atoms with Crippen LogP contribution in [0.4, 0.5) is 0 Å². The van der Waals surface area contributed by atoms with Gasteiger partial charge in [0.2, 0.25) is 0 Å². The number of pyridine rings is 1. The summed E-state index contributed by atoms with van der Waals surface area (Å²) in [6.07, 6.45) is 4.04. The molecular weight excluding hydrogens is 346 g/mol. The minimum atomic E-state index is 0.131. The highest BCUT2D eigenvalue weighted by atomic mass is 35.5. The van der Waals surface area contributed by atoms with Crippen LogP contribution in [-0.4, -0.2) is 32.9 Å². The van der Waals surface area contributed by atoms with Gasteiger partial charge < -0.3 is 9.47 Å². The molecule has 4 nitrogen and oxygen atoms in total. The van der Waals surface area contributed by atoms with Crippen LogP contribution in [0, 0.1) is 0 Å². The zero-order chi connectivity index (χ0) is 18.3. The summed E-state index contributed by atoms with van der Waals surface area (Å²) >= 11 is 6.04. The smallest absolute Gasteiger partial charge is 0.271 e. The van der Waals surface area contributed by atoms with Crippen LogP contribution in [0.3, 0.4) is 0 Å². The van der Waals surface area contributed by atoms with Gasteiger partial charge in [-0.1, -0.05) is 37.6 Å². The highest BCUT2D eigenvalue weighted by molar-refractivity contribution is 6.30. The average molecular weight is 368 g/mol. The molecule has 0 saturated heterocycles. The molecule has 1 fully saturated rings. The molecule has 0 unspecified atom stereocenters. The number of benzene rings is 1. The van der Waals surface area contributed by atoms with Crippen molar-refractivity contribution in [2.24, 2.45) is 0 Å². The molecule has 1 aliphatic heterocycles. The van der Waals surface area contributed by atoms with Crippen LogP contribution in [0.15, 0.2) is 42.6 Å². The van der Waals surface area contributed by atoms with Crippen LogP contribution >= 0.6 is 11.6 Å². The highest BCUT2D eigenvalue weighted by Crippen LogP contribution is 2.39. The molecule has 1 amide bonds. The molecule has 3 heterocycles. The zero-order valence-corrected chi connectivity index (χ0v) is 15.8. The molecule has 2 aromatic heterocycles. The van der Waals surface area contributed by atoms with Gasteiger partial charge in [0.25, 0.3) is 5.91 Å². The van der Waals surface area contributed by atoms with Crippen molar-refractivity contribution >= 4 is 28.5 Å². The van der Waals surface area contributed by atoms with Crippen molar-refractivity contribution in [3.8, 4) is 11.1 Å². The van der Waals surface area contributed by atoms with E-state index in [1.165, 1.54) is 0 Å². The van der Waals surface area contributed by atoms with Gasteiger partial charge in [-0.2, -0.15) is 0 Å². The normalized spacial score (nSPS) is 16.3. The van der Waals surface area contributed by atoms with Crippen LogP contribution in [0.2, 0.25) is 5.02 Å². The number of hydrogen-bond donors (Lipinski definition) is 0. The van der Waals surface area contributed by atoms with Crippen molar-refractivity contribution in [1.29, 1.82) is 0 Å². The number of carbonyl (C=O) groups is 1. The fraction of sp³-hybridized carbons (Fsp3) is 0.333. The third kappa shape index (κ3) is 2.69. The molecule has 0 bridgehead atoms. The Morgan fingerprint density at radius 2 is 1.81 bits per heavy atom. The molecule has 3 aromatic rings. The number of aromatic nitrogens is 2. The Labute approximate surface area is 158 Å². The topological polar surface area (TPSA) is 38.1 Å². The van der Waals surface area contributed by atoms with E-state index in [2.05, 4.69) is 9.55 Å². The Morgan fingerprint density at radius 3 is 2.50 bits per heavy atom. The Balaban J connectivity index is 0.000000814. The molecule has 0 atom stereocenters. The molecule has 2 aliphatic rings. The number of rotatable bonds is 2. The standard InChI is InChI=1S/C19H16ClN3O.C2H6/c20-13-5-3-12(4-6-13)16-15-2-1-9-21-18(15)23-11-10-22(14-7-8-14)19(24)17(16)23;1-2/h1-6,9,14H,7-8,10-11H2;1-2H3. The molecular formula is C21H22ClN3O. The number of carbonyl (C=O) groups excluding carboxylic acids is 1. The maximum atomic E-state index is 13.2. The second-order valence-electron chi connectivity index (χ2n) is 6.49. The first-order valence-corrected chi connectivity index (χ1v) is 9.66. The van der Waals surface area contributed by atoms with Crippen molar-refractivity contribution < 1.29 is 4.79 Å². The van der Waals surface area contributed by atoms with Crippen molar-refractivity contribution in [2.75, 3.05) is 6.54 Å². The van der Waals surface area contributed by atoms with Gasteiger partial charge >= 0.3 is 0 Å². The first-order valence-electron chi connectivity index (χ1n) is 9.28. The van der Waals surface area contributed by atoms with Crippen LogP contribution in [0.1, 0.15) is 37.2 Å². The Bertz CT molecular complexity index is 957. The largest absolute Gasteiger partial charge is 0.333 e. The molecule has 1 aromatic carbocycles. The van der Waals surface area contributed by atoms with Crippen LogP contribution in [0.5, 0.6) is 0 Å². The maximum absolute atomic E-state index is 13.2. The van der Waals surface area contributed by atoms with E-state index in [1.54, 1.807) is 6.20 Å². The van der Waals surface area contributed by atoms with Gasteiger partial charge in [0.15, 0.2) is 0 Å². The van der Waals surface area contributed by atoms with Gasteiger partial charge in [-0.15, -0.1) is 0 Å². The van der Waals surface area contributed by atoms with Gasteiger partial charge in [-0.25, -0.2) is 4.98 Å². The third-order valence-corrected chi connectivity index (χ3v) is 5.22. The van der Waals surface area contributed by atoms with Gasteiger partial charge in [0, 0.05) is 41.3 Å². The van der Waals surface area contributed by atoms with E-state index >= 15 is 0 Å². The van der Waals surface area contributed by atoms with Crippen LogP contribution in [-0.2, 0) is 6.54 Å². The number of fused-ring (bicyclic) bond motifs is 3. The SMILES string of the molecule is CC.O=C1c2c(-c3ccc(Cl)cc3)c3cccnc3n2CCN1C1CC1. The van der Waals surface area contributed by atoms with E-state index in [-0.39, 0.29) is 5.91 Å². The predicted octanol–water partition coefficient (Wildman–Crippen LogP) is 5.00. The molecule has 134 valence electrons. The Kier molecular flexibility index (Phi) is 4.45. The first-order chi connectivity index (χ1) is 12.7. The summed E-state index contributed by atoms with van der Waals surface area (Å²) in [5.41, 5.74) is 3.65. The maximum Gasteiger partial charge on any atom is 0.271 e. The van der Waals surface area contributed by atoms with Crippen LogP contribution < -0.4 is 0 Å². The summed E-state index contributed by atoms with van der Waals surface area (Å²) in [7, 11) is 0. The fourth-order valence-electron chi connectivity index (χ4n) is 3.70. The minimum Gasteiger partial charge on any atom is -0.333 e. The average Bonchev–Trinajstić information content (AvgIpc) is 3.46. The lowest BCUT2D eigenvalue weighted by atomic mass is 10.0. The Hall–Kier alpha value is -2.33. The first kappa shape index (κ1) is 17.1. The number of nitrogens with zero attached hydrogens (tertiary/aromatic N) is 3. The molecule has 5 rings (SSSR count). The monoisotopic (exact) mass is 367 g/mol. The molecule has 0 spiro atoms. The second-order valence-corrected chi connectivity index (χ2v) is 6.92. The number of amides is 1. The van der Waals surface area contributed by atoms with E-state index in [4.69, 9.17) is 11.6 Å². The molecule has 5 heteroatoms. The summed E-state index contributed by atoms with van der Waals surface area (Å²) in [5, 5.41) is 1.72. The summed E-state index contributed by atoms with van der Waals surface area (Å²) in [4.78, 5) is 19.8. The third-order valence-electron chi connectivity index (χ3n) is 4.97. The summed E-state index contributed by atoms with van der Waals surface area (Å²) in [6.45, 7) is 5.58. The number of halogens is 1. The number of hydrogen-bond acceptors (Lipinski definition) is 2. The quantitative estimate of drug-likeness (QED) is 0.639. The molecule has 26 heavy (non-hydrogen) atoms. The second kappa shape index (κ2) is 6.76. The molecule has 0 N–H and O–H groups in total. The van der Waals surface area contributed by atoms with E-state index in [0.717, 1.165) is 53.8 Å². The van der Waals surface area contributed by atoms with Gasteiger partial charge in [0.05, 0.1) is 0 Å². The fourth-order valence-corrected chi connectivity index (χ4v) is 3.83. The molecule has 0 radical (unpaired) electrons. The van der Waals surface area contributed by atoms with Crippen molar-refractivity contribution in [2.45, 2.75) is 39.3 Å². The van der Waals surface area contributed by atoms with E-state index in [0.29, 0.717) is 11.1 Å². The predicted molar refractivity (Wildman–Crippen MR) is 106 cm³/mol. The summed E-state index contributed by atoms with van der Waals surface area (Å²) in [5.74, 6) is 0.131. The lowest BCUT2D eigenvalue weighted by Gasteiger charge is -2.29. The van der Waals surface area contributed by atoms with E-state index < -0.39 is 0 Å². The lowest BCUT2D eigenvalue weighted by Crippen LogP contribution is -2.41. The van der Waals surface area contributed by atoms with Gasteiger partial charge in [-0.05, 0) is 42.7 Å². The van der Waals surface area contributed by atoms with Crippen LogP contribution in [0.25, 0.3) is 22.2 Å². The lowest BCUT2D eigenvalue weighted by molar-refractivity contribution is 0.0693. The van der Waals surface area contributed by atoms with Gasteiger partial charge in [0.1, 0.15) is 11.3 Å². The van der Waals surface area contributed by atoms with Crippen molar-refractivity contribution in [3.63, 3.8) is 0 Å². The minimum absolute atomic E-state index is 0.131. The summed E-state index contributed by atoms with van der Waals surface area (Å²) in [6, 6.07) is 12.1. The van der Waals surface area contributed by atoms with Gasteiger partial charge in [-0.3, -0.25) is 4.79 Å². The van der Waals surface area contributed by atoms with Crippen molar-refractivity contribution in [1.82, 2.24) is 14.5 Å². The molecule has 1 aliphatic carbocycles. The zero-order valence-electron chi connectivity index (χ0n) is 15.1. The molecule has 1 saturated carbocycles. The summed E-state index contributed by atoms with van der Waals surface area (Å²) < 4.78 is 2.08. The van der Waals surface area contributed by atoms with Crippen molar-refractivity contribution in [3.05, 3.63) is 53.3 Å². The van der Waals surface area contributed by atoms with E-state index in [1.807, 2.05) is 55.1 Å².